The second-order valence-corrected chi connectivity index (χ2v) is 9.57. The molecule has 2 heteroatoms. The number of allylic oxidation sites excluding steroid dienone is 1. The Bertz CT molecular complexity index is 419. The van der Waals surface area contributed by atoms with E-state index in [9.17, 15) is 0 Å². The molecule has 2 nitrogen and oxygen atoms in total. The molecule has 7 atom stereocenters. The molecule has 0 aliphatic heterocycles. The van der Waals surface area contributed by atoms with E-state index in [2.05, 4.69) is 72.3 Å². The van der Waals surface area contributed by atoms with E-state index in [-0.39, 0.29) is 0 Å². The third-order valence-electron chi connectivity index (χ3n) is 7.61. The third kappa shape index (κ3) is 6.80. The van der Waals surface area contributed by atoms with E-state index in [0.29, 0.717) is 18.1 Å². The van der Waals surface area contributed by atoms with Gasteiger partial charge in [0.05, 0.1) is 6.17 Å². The molecule has 160 valence electrons. The zero-order valence-corrected chi connectivity index (χ0v) is 19.9. The van der Waals surface area contributed by atoms with Gasteiger partial charge in [0, 0.05) is 17.7 Å². The minimum Gasteiger partial charge on any atom is -0.373 e. The summed E-state index contributed by atoms with van der Waals surface area (Å²) in [6.07, 6.45) is 11.0. The first-order valence-corrected chi connectivity index (χ1v) is 11.9. The first kappa shape index (κ1) is 24.5. The Hall–Kier alpha value is -0.500. The van der Waals surface area contributed by atoms with E-state index in [4.69, 9.17) is 0 Å². The Morgan fingerprint density at radius 2 is 1.78 bits per heavy atom. The van der Waals surface area contributed by atoms with Gasteiger partial charge in [-0.05, 0) is 57.4 Å². The van der Waals surface area contributed by atoms with E-state index in [0.717, 1.165) is 23.7 Å². The lowest BCUT2D eigenvalue weighted by molar-refractivity contribution is 0.0568. The van der Waals surface area contributed by atoms with Crippen molar-refractivity contribution in [1.82, 2.24) is 10.2 Å². The third-order valence-corrected chi connectivity index (χ3v) is 7.61. The summed E-state index contributed by atoms with van der Waals surface area (Å²) in [7, 11) is 2.27. The highest BCUT2D eigenvalue weighted by atomic mass is 15.3. The first-order valence-electron chi connectivity index (χ1n) is 11.9. The highest BCUT2D eigenvalue weighted by Crippen LogP contribution is 2.47. The van der Waals surface area contributed by atoms with E-state index in [1.807, 2.05) is 0 Å². The highest BCUT2D eigenvalue weighted by molar-refractivity contribution is 5.07. The summed E-state index contributed by atoms with van der Waals surface area (Å²) in [5, 5.41) is 3.81. The molecule has 0 amide bonds. The molecule has 1 aliphatic carbocycles. The predicted octanol–water partition coefficient (Wildman–Crippen LogP) is 7.07. The van der Waals surface area contributed by atoms with Gasteiger partial charge in [-0.2, -0.15) is 0 Å². The Balaban J connectivity index is 2.70. The largest absolute Gasteiger partial charge is 0.373 e. The van der Waals surface area contributed by atoms with E-state index < -0.39 is 0 Å². The van der Waals surface area contributed by atoms with Crippen LogP contribution in [0.5, 0.6) is 0 Å². The fraction of sp³-hybridized carbons (Fsp3) is 0.920. The molecule has 0 spiro atoms. The Morgan fingerprint density at radius 1 is 1.11 bits per heavy atom. The fourth-order valence-corrected chi connectivity index (χ4v) is 5.72. The normalized spacial score (nSPS) is 30.9. The zero-order chi connectivity index (χ0) is 20.6. The van der Waals surface area contributed by atoms with Gasteiger partial charge in [-0.3, -0.25) is 4.90 Å². The molecule has 0 bridgehead atoms. The molecule has 1 fully saturated rings. The van der Waals surface area contributed by atoms with Crippen molar-refractivity contribution in [3.8, 4) is 0 Å². The molecule has 27 heavy (non-hydrogen) atoms. The van der Waals surface area contributed by atoms with Crippen molar-refractivity contribution in [2.24, 2.45) is 29.6 Å². The predicted molar refractivity (Wildman–Crippen MR) is 122 cm³/mol. The van der Waals surface area contributed by atoms with Crippen molar-refractivity contribution in [3.05, 3.63) is 12.3 Å². The van der Waals surface area contributed by atoms with Gasteiger partial charge in [-0.15, -0.1) is 0 Å². The van der Waals surface area contributed by atoms with Gasteiger partial charge in [0.15, 0.2) is 0 Å². The van der Waals surface area contributed by atoms with Crippen LogP contribution in [0.15, 0.2) is 12.3 Å². The monoisotopic (exact) mass is 378 g/mol. The molecule has 0 heterocycles. The topological polar surface area (TPSA) is 15.3 Å². The maximum Gasteiger partial charge on any atom is 0.0761 e. The molecule has 0 aromatic heterocycles. The summed E-state index contributed by atoms with van der Waals surface area (Å²) in [6, 6.07) is 0.616. The molecule has 1 rings (SSSR count). The molecule has 7 unspecified atom stereocenters. The lowest BCUT2D eigenvalue weighted by Gasteiger charge is -2.47. The molecule has 0 saturated heterocycles. The van der Waals surface area contributed by atoms with Crippen LogP contribution in [0, 0.1) is 29.6 Å². The standard InChI is InChI=1S/C25H50N2/c1-10-13-14-16-19(5)27(9)22(8)26-21(7)25-18(4)17-23(12-3)24(15-11-2)20(25)6/h18-20,22-26H,7,10-17H2,1-6,8-9H3. The fourth-order valence-electron chi connectivity index (χ4n) is 5.72. The van der Waals surface area contributed by atoms with Crippen LogP contribution in [-0.2, 0) is 0 Å². The molecule has 1 N–H and O–H groups in total. The maximum absolute atomic E-state index is 4.54. The Labute approximate surface area is 171 Å². The number of unbranched alkanes of at least 4 members (excludes halogenated alkanes) is 2. The molecule has 1 saturated carbocycles. The van der Waals surface area contributed by atoms with Gasteiger partial charge in [-0.25, -0.2) is 0 Å². The molecule has 0 radical (unpaired) electrons. The van der Waals surface area contributed by atoms with Crippen molar-refractivity contribution >= 4 is 0 Å². The quantitative estimate of drug-likeness (QED) is 0.288. The smallest absolute Gasteiger partial charge is 0.0761 e. The van der Waals surface area contributed by atoms with Crippen molar-refractivity contribution in [1.29, 1.82) is 0 Å². The van der Waals surface area contributed by atoms with Crippen LogP contribution in [0.3, 0.4) is 0 Å². The van der Waals surface area contributed by atoms with Crippen LogP contribution in [0.2, 0.25) is 0 Å². The first-order chi connectivity index (χ1) is 12.8. The second kappa shape index (κ2) is 12.1. The summed E-state index contributed by atoms with van der Waals surface area (Å²) >= 11 is 0. The lowest BCUT2D eigenvalue weighted by atomic mass is 9.60. The van der Waals surface area contributed by atoms with Gasteiger partial charge in [0.2, 0.25) is 0 Å². The number of nitrogens with zero attached hydrogens (tertiary/aromatic N) is 1. The van der Waals surface area contributed by atoms with Gasteiger partial charge in [0.25, 0.3) is 0 Å². The Kier molecular flexibility index (Phi) is 11.0. The van der Waals surface area contributed by atoms with Gasteiger partial charge < -0.3 is 5.32 Å². The molecule has 1 aliphatic rings. The molecule has 0 aromatic rings. The summed E-state index contributed by atoms with van der Waals surface area (Å²) in [5.41, 5.74) is 1.28. The van der Waals surface area contributed by atoms with Gasteiger partial charge in [-0.1, -0.05) is 79.7 Å². The SMILES string of the molecule is C=C(NC(C)N(C)C(C)CCCCC)C1C(C)CC(CC)C(CCC)C1C. The van der Waals surface area contributed by atoms with E-state index >= 15 is 0 Å². The second-order valence-electron chi connectivity index (χ2n) is 9.57. The van der Waals surface area contributed by atoms with Crippen LogP contribution in [0.4, 0.5) is 0 Å². The summed E-state index contributed by atoms with van der Waals surface area (Å²) in [4.78, 5) is 2.50. The maximum atomic E-state index is 4.54. The van der Waals surface area contributed by atoms with Crippen molar-refractivity contribution in [3.63, 3.8) is 0 Å². The van der Waals surface area contributed by atoms with Gasteiger partial charge >= 0.3 is 0 Å². The summed E-state index contributed by atoms with van der Waals surface area (Å²) < 4.78 is 0. The van der Waals surface area contributed by atoms with Crippen LogP contribution >= 0.6 is 0 Å². The average Bonchev–Trinajstić information content (AvgIpc) is 2.63. The summed E-state index contributed by atoms with van der Waals surface area (Å²) in [6.45, 7) is 21.2. The molecular weight excluding hydrogens is 328 g/mol. The number of rotatable bonds is 12. The van der Waals surface area contributed by atoms with Crippen LogP contribution < -0.4 is 5.32 Å². The van der Waals surface area contributed by atoms with E-state index in [1.165, 1.54) is 57.1 Å². The van der Waals surface area contributed by atoms with Crippen LogP contribution in [0.1, 0.15) is 99.8 Å². The van der Waals surface area contributed by atoms with Crippen LogP contribution in [-0.4, -0.2) is 24.2 Å². The number of hydrogen-bond acceptors (Lipinski definition) is 2. The minimum absolute atomic E-state index is 0.349. The molecular formula is C25H50N2. The highest BCUT2D eigenvalue weighted by Gasteiger charge is 2.40. The minimum atomic E-state index is 0.349. The summed E-state index contributed by atoms with van der Waals surface area (Å²) in [5.74, 6) is 3.84. The average molecular weight is 379 g/mol. The van der Waals surface area contributed by atoms with Gasteiger partial charge in [0.1, 0.15) is 0 Å². The number of nitrogens with one attached hydrogen (secondary N) is 1. The zero-order valence-electron chi connectivity index (χ0n) is 19.9. The lowest BCUT2D eigenvalue weighted by Crippen LogP contribution is -2.48. The van der Waals surface area contributed by atoms with Crippen molar-refractivity contribution in [2.75, 3.05) is 7.05 Å². The van der Waals surface area contributed by atoms with Crippen molar-refractivity contribution in [2.45, 2.75) is 112 Å². The number of hydrogen-bond donors (Lipinski definition) is 1. The Morgan fingerprint density at radius 3 is 2.33 bits per heavy atom. The van der Waals surface area contributed by atoms with E-state index in [1.54, 1.807) is 0 Å². The van der Waals surface area contributed by atoms with Crippen LogP contribution in [0.25, 0.3) is 0 Å². The molecule has 0 aromatic carbocycles. The van der Waals surface area contributed by atoms with Crippen molar-refractivity contribution < 1.29 is 0 Å².